The predicted octanol–water partition coefficient (Wildman–Crippen LogP) is 3.92. The van der Waals surface area contributed by atoms with E-state index in [0.717, 1.165) is 32.1 Å². The van der Waals surface area contributed by atoms with Crippen LogP contribution in [0.2, 0.25) is 0 Å². The highest BCUT2D eigenvalue weighted by molar-refractivity contribution is 5.99. The van der Waals surface area contributed by atoms with Gasteiger partial charge in [-0.25, -0.2) is 0 Å². The molecule has 0 aromatic heterocycles. The van der Waals surface area contributed by atoms with Crippen LogP contribution >= 0.6 is 0 Å². The van der Waals surface area contributed by atoms with E-state index < -0.39 is 0 Å². The molecule has 1 aliphatic heterocycles. The average molecular weight is 293 g/mol. The predicted molar refractivity (Wildman–Crippen MR) is 84.6 cm³/mol. The van der Waals surface area contributed by atoms with Crippen LogP contribution in [-0.2, 0) is 9.59 Å². The van der Waals surface area contributed by atoms with E-state index in [-0.39, 0.29) is 23.1 Å². The lowest BCUT2D eigenvalue weighted by Crippen LogP contribution is -2.54. The van der Waals surface area contributed by atoms with Crippen molar-refractivity contribution in [2.24, 2.45) is 28.6 Å². The Kier molecular flexibility index (Phi) is 4.51. The Labute approximate surface area is 129 Å². The van der Waals surface area contributed by atoms with Crippen molar-refractivity contribution in [2.45, 2.75) is 73.1 Å². The molecule has 0 aromatic rings. The number of amides is 2. The van der Waals surface area contributed by atoms with Gasteiger partial charge in [0.25, 0.3) is 0 Å². The van der Waals surface area contributed by atoms with E-state index in [0.29, 0.717) is 23.7 Å². The van der Waals surface area contributed by atoms with E-state index in [2.05, 4.69) is 39.9 Å². The van der Waals surface area contributed by atoms with E-state index >= 15 is 0 Å². The summed E-state index contributed by atoms with van der Waals surface area (Å²) in [6, 6.07) is 0. The van der Waals surface area contributed by atoms with Crippen molar-refractivity contribution in [1.82, 2.24) is 5.32 Å². The minimum Gasteiger partial charge on any atom is -0.296 e. The van der Waals surface area contributed by atoms with Gasteiger partial charge in [0, 0.05) is 12.3 Å². The van der Waals surface area contributed by atoms with Crippen LogP contribution in [0, 0.1) is 28.6 Å². The second kappa shape index (κ2) is 5.73. The number of imide groups is 1. The molecule has 3 heteroatoms. The zero-order valence-electron chi connectivity index (χ0n) is 14.3. The third-order valence-corrected chi connectivity index (χ3v) is 5.74. The number of piperidine rings is 1. The van der Waals surface area contributed by atoms with Crippen LogP contribution in [0.1, 0.15) is 73.1 Å². The monoisotopic (exact) mass is 293 g/mol. The molecule has 0 aromatic carbocycles. The quantitative estimate of drug-likeness (QED) is 0.784. The molecule has 21 heavy (non-hydrogen) atoms. The highest BCUT2D eigenvalue weighted by atomic mass is 16.2. The van der Waals surface area contributed by atoms with Gasteiger partial charge in [-0.2, -0.15) is 0 Å². The lowest BCUT2D eigenvalue weighted by Gasteiger charge is -2.49. The van der Waals surface area contributed by atoms with Gasteiger partial charge in [0.05, 0.1) is 0 Å². The summed E-state index contributed by atoms with van der Waals surface area (Å²) in [7, 11) is 0. The Morgan fingerprint density at radius 2 is 1.76 bits per heavy atom. The van der Waals surface area contributed by atoms with Gasteiger partial charge in [0.1, 0.15) is 0 Å². The Hall–Kier alpha value is -0.860. The number of carbonyl (C=O) groups is 2. The van der Waals surface area contributed by atoms with Gasteiger partial charge < -0.3 is 0 Å². The third-order valence-electron chi connectivity index (χ3n) is 5.74. The molecule has 1 saturated carbocycles. The van der Waals surface area contributed by atoms with Gasteiger partial charge in [-0.1, -0.05) is 34.6 Å². The summed E-state index contributed by atoms with van der Waals surface area (Å²) in [5, 5.41) is 2.57. The lowest BCUT2D eigenvalue weighted by atomic mass is 9.56. The summed E-state index contributed by atoms with van der Waals surface area (Å²) in [5.41, 5.74) is 0.265. The number of rotatable bonds is 2. The molecule has 3 nitrogen and oxygen atoms in total. The first-order chi connectivity index (χ1) is 9.64. The molecule has 1 N–H and O–H groups in total. The van der Waals surface area contributed by atoms with Crippen LogP contribution in [0.5, 0.6) is 0 Å². The molecule has 1 aliphatic carbocycles. The fraction of sp³-hybridized carbons (Fsp3) is 0.889. The maximum absolute atomic E-state index is 12.4. The van der Waals surface area contributed by atoms with Crippen LogP contribution in [0.3, 0.4) is 0 Å². The first-order valence-corrected chi connectivity index (χ1v) is 8.48. The molecule has 2 rings (SSSR count). The molecule has 1 spiro atoms. The van der Waals surface area contributed by atoms with E-state index in [1.165, 1.54) is 0 Å². The molecule has 1 saturated heterocycles. The van der Waals surface area contributed by atoms with Gasteiger partial charge in [-0.15, -0.1) is 0 Å². The van der Waals surface area contributed by atoms with Gasteiger partial charge in [-0.3, -0.25) is 14.9 Å². The standard InChI is InChI=1S/C18H31NO2/c1-12(2)10-14-16(21)19-15(20)11-18(14)8-6-13(7-9-18)17(3,4)5/h12-14H,6-11H2,1-5H3,(H,19,20,21). The van der Waals surface area contributed by atoms with Crippen LogP contribution < -0.4 is 5.32 Å². The molecule has 0 radical (unpaired) electrons. The van der Waals surface area contributed by atoms with Gasteiger partial charge in [-0.05, 0) is 54.8 Å². The summed E-state index contributed by atoms with van der Waals surface area (Å²) >= 11 is 0. The maximum atomic E-state index is 12.4. The molecular weight excluding hydrogens is 262 g/mol. The summed E-state index contributed by atoms with van der Waals surface area (Å²) in [6.45, 7) is 11.2. The Morgan fingerprint density at radius 3 is 2.24 bits per heavy atom. The van der Waals surface area contributed by atoms with Crippen molar-refractivity contribution in [3.05, 3.63) is 0 Å². The molecular formula is C18H31NO2. The summed E-state index contributed by atoms with van der Waals surface area (Å²) < 4.78 is 0. The fourth-order valence-electron chi connectivity index (χ4n) is 4.40. The Bertz CT molecular complexity index is 411. The molecule has 1 heterocycles. The van der Waals surface area contributed by atoms with Crippen molar-refractivity contribution in [3.63, 3.8) is 0 Å². The molecule has 0 bridgehead atoms. The summed E-state index contributed by atoms with van der Waals surface area (Å²) in [5.74, 6) is 1.15. The first kappa shape index (κ1) is 16.5. The summed E-state index contributed by atoms with van der Waals surface area (Å²) in [6.07, 6.45) is 5.82. The van der Waals surface area contributed by atoms with Gasteiger partial charge in [0.15, 0.2) is 0 Å². The smallest absolute Gasteiger partial charge is 0.230 e. The van der Waals surface area contributed by atoms with E-state index in [1.54, 1.807) is 0 Å². The highest BCUT2D eigenvalue weighted by Gasteiger charge is 2.50. The van der Waals surface area contributed by atoms with Crippen LogP contribution in [0.4, 0.5) is 0 Å². The van der Waals surface area contributed by atoms with Gasteiger partial charge >= 0.3 is 0 Å². The molecule has 2 amide bonds. The number of carbonyl (C=O) groups excluding carboxylic acids is 2. The normalized spacial score (nSPS) is 34.4. The third kappa shape index (κ3) is 3.49. The zero-order chi connectivity index (χ0) is 15.8. The second-order valence-electron chi connectivity index (χ2n) is 8.77. The van der Waals surface area contributed by atoms with Crippen molar-refractivity contribution >= 4 is 11.8 Å². The second-order valence-corrected chi connectivity index (χ2v) is 8.77. The minimum absolute atomic E-state index is 0.0193. The zero-order valence-corrected chi connectivity index (χ0v) is 14.3. The number of nitrogens with one attached hydrogen (secondary N) is 1. The summed E-state index contributed by atoms with van der Waals surface area (Å²) in [4.78, 5) is 24.3. The Balaban J connectivity index is 2.17. The topological polar surface area (TPSA) is 46.2 Å². The molecule has 120 valence electrons. The van der Waals surface area contributed by atoms with Crippen molar-refractivity contribution in [3.8, 4) is 0 Å². The largest absolute Gasteiger partial charge is 0.296 e. The van der Waals surface area contributed by atoms with E-state index in [4.69, 9.17) is 0 Å². The van der Waals surface area contributed by atoms with Crippen LogP contribution in [0.25, 0.3) is 0 Å². The highest BCUT2D eigenvalue weighted by Crippen LogP contribution is 2.53. The van der Waals surface area contributed by atoms with Crippen molar-refractivity contribution in [1.29, 1.82) is 0 Å². The Morgan fingerprint density at radius 1 is 1.19 bits per heavy atom. The first-order valence-electron chi connectivity index (χ1n) is 8.48. The number of hydrogen-bond acceptors (Lipinski definition) is 2. The lowest BCUT2D eigenvalue weighted by molar-refractivity contribution is -0.147. The minimum atomic E-state index is -0.0641. The molecule has 2 aliphatic rings. The molecule has 1 atom stereocenters. The van der Waals surface area contributed by atoms with Gasteiger partial charge in [0.2, 0.25) is 11.8 Å². The van der Waals surface area contributed by atoms with E-state index in [1.807, 2.05) is 0 Å². The van der Waals surface area contributed by atoms with E-state index in [9.17, 15) is 9.59 Å². The average Bonchev–Trinajstić information content (AvgIpc) is 2.33. The van der Waals surface area contributed by atoms with Crippen LogP contribution in [-0.4, -0.2) is 11.8 Å². The SMILES string of the molecule is CC(C)CC1C(=O)NC(=O)CC12CCC(C(C)(C)C)CC2. The fourth-order valence-corrected chi connectivity index (χ4v) is 4.40. The number of hydrogen-bond donors (Lipinski definition) is 1. The maximum Gasteiger partial charge on any atom is 0.230 e. The van der Waals surface area contributed by atoms with Crippen LogP contribution in [0.15, 0.2) is 0 Å². The molecule has 2 fully saturated rings. The molecule has 1 unspecified atom stereocenters. The van der Waals surface area contributed by atoms with Crippen molar-refractivity contribution in [2.75, 3.05) is 0 Å². The van der Waals surface area contributed by atoms with Crippen molar-refractivity contribution < 1.29 is 9.59 Å².